The molecule has 0 spiro atoms. The first-order valence-corrected chi connectivity index (χ1v) is 8.71. The van der Waals surface area contributed by atoms with Crippen LogP contribution in [0.1, 0.15) is 71.1 Å². The third-order valence-corrected chi connectivity index (χ3v) is 3.32. The first kappa shape index (κ1) is 21.2. The third-order valence-electron chi connectivity index (χ3n) is 3.32. The van der Waals surface area contributed by atoms with E-state index in [0.29, 0.717) is 18.6 Å². The van der Waals surface area contributed by atoms with Crippen LogP contribution in [0.25, 0.3) is 0 Å². The van der Waals surface area contributed by atoms with Crippen molar-refractivity contribution in [1.29, 1.82) is 0 Å². The maximum absolute atomic E-state index is 10.3. The van der Waals surface area contributed by atoms with Gasteiger partial charge < -0.3 is 10.2 Å². The Morgan fingerprint density at radius 2 is 1.48 bits per heavy atom. The van der Waals surface area contributed by atoms with Crippen molar-refractivity contribution >= 4 is 5.97 Å². The minimum absolute atomic E-state index is 0.241. The lowest BCUT2D eigenvalue weighted by Crippen LogP contribution is -1.92. The number of unbranched alkanes of at least 4 members (excludes halogenated alkanes) is 4. The van der Waals surface area contributed by atoms with Gasteiger partial charge in [-0.2, -0.15) is 0 Å². The second-order valence-electron chi connectivity index (χ2n) is 5.57. The molecule has 2 N–H and O–H groups in total. The summed E-state index contributed by atoms with van der Waals surface area (Å²) >= 11 is 0. The summed E-state index contributed by atoms with van der Waals surface area (Å²) in [5, 5.41) is 18.2. The highest BCUT2D eigenvalue weighted by molar-refractivity contribution is 5.66. The van der Waals surface area contributed by atoms with Crippen LogP contribution in [0.3, 0.4) is 0 Å². The van der Waals surface area contributed by atoms with Crippen molar-refractivity contribution in [2.45, 2.75) is 71.1 Å². The fourth-order valence-corrected chi connectivity index (χ4v) is 1.98. The second kappa shape index (κ2) is 16.6. The number of hydrogen-bond acceptors (Lipinski definition) is 2. The smallest absolute Gasteiger partial charge is 0.303 e. The lowest BCUT2D eigenvalue weighted by Gasteiger charge is -1.96. The van der Waals surface area contributed by atoms with Crippen molar-refractivity contribution in [3.8, 4) is 0 Å². The van der Waals surface area contributed by atoms with Crippen LogP contribution in [0.5, 0.6) is 0 Å². The van der Waals surface area contributed by atoms with Crippen molar-refractivity contribution in [2.24, 2.45) is 0 Å². The van der Waals surface area contributed by atoms with E-state index in [1.54, 1.807) is 0 Å². The van der Waals surface area contributed by atoms with Crippen molar-refractivity contribution in [3.63, 3.8) is 0 Å². The van der Waals surface area contributed by atoms with Crippen LogP contribution < -0.4 is 0 Å². The van der Waals surface area contributed by atoms with Gasteiger partial charge in [-0.1, -0.05) is 56.2 Å². The van der Waals surface area contributed by atoms with E-state index in [2.05, 4.69) is 31.2 Å². The average Bonchev–Trinajstić information content (AvgIpc) is 2.52. The van der Waals surface area contributed by atoms with Gasteiger partial charge in [-0.25, -0.2) is 0 Å². The molecule has 0 radical (unpaired) electrons. The highest BCUT2D eigenvalue weighted by Gasteiger charge is 1.92. The molecule has 23 heavy (non-hydrogen) atoms. The molecule has 130 valence electrons. The Kier molecular flexibility index (Phi) is 15.3. The summed E-state index contributed by atoms with van der Waals surface area (Å²) in [6, 6.07) is 0. The zero-order valence-electron chi connectivity index (χ0n) is 14.4. The Bertz CT molecular complexity index is 403. The predicted molar refractivity (Wildman–Crippen MR) is 97.6 cm³/mol. The highest BCUT2D eigenvalue weighted by atomic mass is 16.4. The fourth-order valence-electron chi connectivity index (χ4n) is 1.98. The average molecular weight is 320 g/mol. The van der Waals surface area contributed by atoms with Crippen LogP contribution in [0.15, 0.2) is 48.3 Å². The second-order valence-corrected chi connectivity index (χ2v) is 5.57. The van der Waals surface area contributed by atoms with Crippen molar-refractivity contribution in [2.75, 3.05) is 0 Å². The van der Waals surface area contributed by atoms with Gasteiger partial charge in [0.15, 0.2) is 0 Å². The largest absolute Gasteiger partial charge is 0.512 e. The maximum Gasteiger partial charge on any atom is 0.303 e. The minimum Gasteiger partial charge on any atom is -0.512 e. The van der Waals surface area contributed by atoms with Gasteiger partial charge in [-0.05, 0) is 44.6 Å². The van der Waals surface area contributed by atoms with E-state index in [-0.39, 0.29) is 6.42 Å². The third kappa shape index (κ3) is 18.2. The van der Waals surface area contributed by atoms with E-state index >= 15 is 0 Å². The van der Waals surface area contributed by atoms with Crippen LogP contribution in [0.2, 0.25) is 0 Å². The Hall–Kier alpha value is -1.77. The molecule has 0 aromatic carbocycles. The molecule has 3 nitrogen and oxygen atoms in total. The summed E-state index contributed by atoms with van der Waals surface area (Å²) < 4.78 is 0. The first-order valence-electron chi connectivity index (χ1n) is 8.71. The van der Waals surface area contributed by atoms with Gasteiger partial charge in [-0.3, -0.25) is 4.79 Å². The van der Waals surface area contributed by atoms with Crippen molar-refractivity contribution < 1.29 is 15.0 Å². The van der Waals surface area contributed by atoms with Crippen LogP contribution in [0.4, 0.5) is 0 Å². The molecular weight excluding hydrogens is 288 g/mol. The van der Waals surface area contributed by atoms with E-state index in [1.165, 1.54) is 12.8 Å². The topological polar surface area (TPSA) is 57.5 Å². The number of aliphatic hydroxyl groups is 1. The first-order chi connectivity index (χ1) is 11.2. The number of hydrogen-bond donors (Lipinski definition) is 2. The molecule has 0 aliphatic heterocycles. The molecule has 0 unspecified atom stereocenters. The van der Waals surface area contributed by atoms with Crippen LogP contribution in [-0.2, 0) is 4.79 Å². The molecule has 0 atom stereocenters. The van der Waals surface area contributed by atoms with Gasteiger partial charge in [0.1, 0.15) is 0 Å². The summed E-state index contributed by atoms with van der Waals surface area (Å²) in [5.74, 6) is -0.266. The summed E-state index contributed by atoms with van der Waals surface area (Å²) in [6.45, 7) is 2.18. The standard InChI is InChI=1S/C20H32O3/c1-2-3-4-13-16-19(21)17-14-11-9-7-5-6-8-10-12-15-18-20(22)23/h5,7-8,10-11,14,16,21H,2-4,6,9,12-13,15,17-18H2,1H3,(H,22,23)/b7-5-,10-8-,14-11-,19-16+. The van der Waals surface area contributed by atoms with Crippen molar-refractivity contribution in [1.82, 2.24) is 0 Å². The van der Waals surface area contributed by atoms with Crippen LogP contribution in [0, 0.1) is 0 Å². The summed E-state index contributed by atoms with van der Waals surface area (Å²) in [4.78, 5) is 10.3. The number of carboxylic acid groups (broad SMARTS) is 1. The summed E-state index contributed by atoms with van der Waals surface area (Å²) in [5.41, 5.74) is 0. The van der Waals surface area contributed by atoms with E-state index in [0.717, 1.165) is 32.1 Å². The van der Waals surface area contributed by atoms with Gasteiger partial charge in [-0.15, -0.1) is 0 Å². The monoisotopic (exact) mass is 320 g/mol. The van der Waals surface area contributed by atoms with Crippen LogP contribution >= 0.6 is 0 Å². The molecular formula is C20H32O3. The van der Waals surface area contributed by atoms with E-state index in [9.17, 15) is 9.90 Å². The normalized spacial score (nSPS) is 12.8. The Morgan fingerprint density at radius 3 is 2.13 bits per heavy atom. The lowest BCUT2D eigenvalue weighted by molar-refractivity contribution is -0.137. The molecule has 0 aromatic rings. The van der Waals surface area contributed by atoms with Crippen LogP contribution in [-0.4, -0.2) is 16.2 Å². The SMILES string of the molecule is CCCCC/C=C(/O)C/C=C\C/C=C\C/C=C\CCCC(=O)O. The van der Waals surface area contributed by atoms with Gasteiger partial charge in [0.2, 0.25) is 0 Å². The number of rotatable bonds is 14. The molecule has 0 rings (SSSR count). The lowest BCUT2D eigenvalue weighted by atomic mass is 10.2. The fraction of sp³-hybridized carbons (Fsp3) is 0.550. The molecule has 0 saturated heterocycles. The number of allylic oxidation sites excluding steroid dienone is 7. The molecule has 0 saturated carbocycles. The molecule has 0 aromatic heterocycles. The zero-order chi connectivity index (χ0) is 17.2. The number of carboxylic acids is 1. The van der Waals surface area contributed by atoms with Gasteiger partial charge >= 0.3 is 5.97 Å². The Morgan fingerprint density at radius 1 is 0.826 bits per heavy atom. The number of aliphatic hydroxyl groups excluding tert-OH is 1. The molecule has 0 amide bonds. The minimum atomic E-state index is -0.730. The van der Waals surface area contributed by atoms with Gasteiger partial charge in [0, 0.05) is 12.8 Å². The number of carbonyl (C=O) groups is 1. The molecule has 0 aliphatic rings. The highest BCUT2D eigenvalue weighted by Crippen LogP contribution is 2.05. The molecule has 0 fully saturated rings. The number of aliphatic carboxylic acids is 1. The van der Waals surface area contributed by atoms with Crippen molar-refractivity contribution in [3.05, 3.63) is 48.3 Å². The summed E-state index contributed by atoms with van der Waals surface area (Å²) in [7, 11) is 0. The molecule has 0 bridgehead atoms. The predicted octanol–water partition coefficient (Wildman–Crippen LogP) is 6.10. The van der Waals surface area contributed by atoms with Gasteiger partial charge in [0.05, 0.1) is 5.76 Å². The Labute approximate surface area is 141 Å². The quantitative estimate of drug-likeness (QED) is 0.231. The summed E-state index contributed by atoms with van der Waals surface area (Å²) in [6.07, 6.45) is 22.9. The molecule has 0 heterocycles. The van der Waals surface area contributed by atoms with Gasteiger partial charge in [0.25, 0.3) is 0 Å². The van der Waals surface area contributed by atoms with E-state index in [1.807, 2.05) is 18.2 Å². The van der Waals surface area contributed by atoms with E-state index < -0.39 is 5.97 Å². The Balaban J connectivity index is 3.57. The zero-order valence-corrected chi connectivity index (χ0v) is 14.4. The van der Waals surface area contributed by atoms with E-state index in [4.69, 9.17) is 5.11 Å². The maximum atomic E-state index is 10.3. The molecule has 0 aliphatic carbocycles. The molecule has 3 heteroatoms.